The van der Waals surface area contributed by atoms with E-state index < -0.39 is 0 Å². The van der Waals surface area contributed by atoms with Crippen LogP contribution in [0.15, 0.2) is 46.6 Å². The summed E-state index contributed by atoms with van der Waals surface area (Å²) in [6, 6.07) is 9.87. The van der Waals surface area contributed by atoms with Crippen LogP contribution in [0.2, 0.25) is 0 Å². The lowest BCUT2D eigenvalue weighted by atomic mass is 10.3. The van der Waals surface area contributed by atoms with E-state index in [0.717, 1.165) is 27.1 Å². The molecule has 0 aliphatic heterocycles. The maximum atomic E-state index is 9.60. The van der Waals surface area contributed by atoms with Crippen molar-refractivity contribution in [2.75, 3.05) is 0 Å². The van der Waals surface area contributed by atoms with Crippen LogP contribution in [-0.2, 0) is 6.61 Å². The van der Waals surface area contributed by atoms with Gasteiger partial charge in [0.2, 0.25) is 0 Å². The van der Waals surface area contributed by atoms with E-state index in [2.05, 4.69) is 16.9 Å². The Morgan fingerprint density at radius 3 is 2.80 bits per heavy atom. The topological polar surface area (TPSA) is 50.4 Å². The van der Waals surface area contributed by atoms with E-state index in [-0.39, 0.29) is 6.61 Å². The largest absolute Gasteiger partial charge is 0.390 e. The third-order valence-electron chi connectivity index (χ3n) is 3.02. The molecule has 3 aromatic heterocycles. The predicted octanol–water partition coefficient (Wildman–Crippen LogP) is 2.99. The van der Waals surface area contributed by atoms with Crippen molar-refractivity contribution >= 4 is 17.4 Å². The van der Waals surface area contributed by atoms with E-state index in [9.17, 15) is 5.11 Å². The van der Waals surface area contributed by atoms with Gasteiger partial charge in [-0.2, -0.15) is 0 Å². The highest BCUT2D eigenvalue weighted by Gasteiger charge is 2.13. The second-order valence-electron chi connectivity index (χ2n) is 4.68. The van der Waals surface area contributed by atoms with Crippen LogP contribution in [0.25, 0.3) is 5.65 Å². The first-order chi connectivity index (χ1) is 9.67. The molecule has 3 heterocycles. The number of aliphatic hydroxyl groups is 1. The van der Waals surface area contributed by atoms with Crippen LogP contribution in [0.3, 0.4) is 0 Å². The lowest BCUT2D eigenvalue weighted by Gasteiger charge is -2.03. The minimum atomic E-state index is -0.0433. The van der Waals surface area contributed by atoms with Crippen molar-refractivity contribution in [3.05, 3.63) is 53.5 Å². The monoisotopic (exact) mass is 285 g/mol. The first-order valence-electron chi connectivity index (χ1n) is 6.37. The zero-order valence-electron chi connectivity index (χ0n) is 11.4. The summed E-state index contributed by atoms with van der Waals surface area (Å²) in [6.07, 6.45) is 1.91. The molecule has 0 atom stereocenters. The molecule has 0 radical (unpaired) electrons. The smallest absolute Gasteiger partial charge is 0.138 e. The molecule has 102 valence electrons. The summed E-state index contributed by atoms with van der Waals surface area (Å²) >= 11 is 1.49. The Morgan fingerprint density at radius 1 is 1.20 bits per heavy atom. The van der Waals surface area contributed by atoms with E-state index >= 15 is 0 Å². The van der Waals surface area contributed by atoms with Crippen LogP contribution >= 0.6 is 11.8 Å². The summed E-state index contributed by atoms with van der Waals surface area (Å²) in [4.78, 5) is 9.07. The molecule has 0 fully saturated rings. The number of aromatic nitrogens is 3. The first-order valence-corrected chi connectivity index (χ1v) is 7.19. The first kappa shape index (κ1) is 13.1. The Kier molecular flexibility index (Phi) is 3.46. The zero-order valence-corrected chi connectivity index (χ0v) is 12.2. The second kappa shape index (κ2) is 5.26. The number of hydrogen-bond acceptors (Lipinski definition) is 4. The second-order valence-corrected chi connectivity index (χ2v) is 5.69. The lowest BCUT2D eigenvalue weighted by molar-refractivity contribution is 0.272. The third-order valence-corrected chi connectivity index (χ3v) is 3.96. The number of pyridine rings is 2. The van der Waals surface area contributed by atoms with Crippen molar-refractivity contribution in [3.63, 3.8) is 0 Å². The fourth-order valence-corrected chi connectivity index (χ4v) is 3.26. The SMILES string of the molecule is Cc1cc(C)nc(Sc2nc3ccccn3c2CO)c1. The normalized spacial score (nSPS) is 11.2. The lowest BCUT2D eigenvalue weighted by Crippen LogP contribution is -1.93. The zero-order chi connectivity index (χ0) is 14.1. The average Bonchev–Trinajstić information content (AvgIpc) is 2.74. The number of rotatable bonds is 3. The molecule has 0 unspecified atom stereocenters. The van der Waals surface area contributed by atoms with Gasteiger partial charge < -0.3 is 9.51 Å². The third kappa shape index (κ3) is 2.42. The van der Waals surface area contributed by atoms with Crippen molar-refractivity contribution in [3.8, 4) is 0 Å². The molecule has 1 N–H and O–H groups in total. The van der Waals surface area contributed by atoms with E-state index in [0.29, 0.717) is 0 Å². The summed E-state index contributed by atoms with van der Waals surface area (Å²) < 4.78 is 1.91. The molecule has 0 aromatic carbocycles. The van der Waals surface area contributed by atoms with Crippen LogP contribution in [-0.4, -0.2) is 19.5 Å². The van der Waals surface area contributed by atoms with Gasteiger partial charge in [-0.25, -0.2) is 9.97 Å². The molecule has 0 spiro atoms. The molecule has 0 aliphatic rings. The molecule has 3 aromatic rings. The molecule has 3 rings (SSSR count). The maximum absolute atomic E-state index is 9.60. The molecular weight excluding hydrogens is 270 g/mol. The van der Waals surface area contributed by atoms with Crippen molar-refractivity contribution in [1.29, 1.82) is 0 Å². The van der Waals surface area contributed by atoms with Gasteiger partial charge >= 0.3 is 0 Å². The average molecular weight is 285 g/mol. The van der Waals surface area contributed by atoms with Gasteiger partial charge in [0.15, 0.2) is 0 Å². The Balaban J connectivity index is 2.05. The summed E-state index contributed by atoms with van der Waals surface area (Å²) in [5.41, 5.74) is 3.80. The van der Waals surface area contributed by atoms with Gasteiger partial charge in [0.25, 0.3) is 0 Å². The fourth-order valence-electron chi connectivity index (χ4n) is 2.21. The summed E-state index contributed by atoms with van der Waals surface area (Å²) in [6.45, 7) is 3.99. The van der Waals surface area contributed by atoms with Gasteiger partial charge in [0.1, 0.15) is 15.7 Å². The molecule has 5 heteroatoms. The predicted molar refractivity (Wildman–Crippen MR) is 78.9 cm³/mol. The fraction of sp³-hybridized carbons (Fsp3) is 0.200. The van der Waals surface area contributed by atoms with Crippen LogP contribution in [0.1, 0.15) is 17.0 Å². The van der Waals surface area contributed by atoms with E-state index in [1.807, 2.05) is 47.9 Å². The van der Waals surface area contributed by atoms with Gasteiger partial charge in [0.05, 0.1) is 12.3 Å². The van der Waals surface area contributed by atoms with E-state index in [1.165, 1.54) is 17.3 Å². The van der Waals surface area contributed by atoms with E-state index in [4.69, 9.17) is 0 Å². The van der Waals surface area contributed by atoms with Gasteiger partial charge in [0, 0.05) is 11.9 Å². The molecule has 0 amide bonds. The molecular formula is C15H15N3OS. The molecule has 0 saturated heterocycles. The molecule has 4 nitrogen and oxygen atoms in total. The standard InChI is InChI=1S/C15H15N3OS/c1-10-7-11(2)16-14(8-10)20-15-12(9-19)18-6-4-3-5-13(18)17-15/h3-8,19H,9H2,1-2H3. The minimum Gasteiger partial charge on any atom is -0.390 e. The summed E-state index contributed by atoms with van der Waals surface area (Å²) in [7, 11) is 0. The van der Waals surface area contributed by atoms with Crippen LogP contribution in [0, 0.1) is 13.8 Å². The van der Waals surface area contributed by atoms with Crippen LogP contribution < -0.4 is 0 Å². The van der Waals surface area contributed by atoms with Crippen molar-refractivity contribution in [2.45, 2.75) is 30.5 Å². The van der Waals surface area contributed by atoms with Gasteiger partial charge in [-0.1, -0.05) is 6.07 Å². The highest BCUT2D eigenvalue weighted by atomic mass is 32.2. The van der Waals surface area contributed by atoms with Crippen molar-refractivity contribution < 1.29 is 5.11 Å². The molecule has 20 heavy (non-hydrogen) atoms. The minimum absolute atomic E-state index is 0.0433. The van der Waals surface area contributed by atoms with Crippen LogP contribution in [0.4, 0.5) is 0 Å². The maximum Gasteiger partial charge on any atom is 0.138 e. The summed E-state index contributed by atoms with van der Waals surface area (Å²) in [5, 5.41) is 11.3. The highest BCUT2D eigenvalue weighted by Crippen LogP contribution is 2.30. The molecule has 0 bridgehead atoms. The Labute approximate surface area is 121 Å². The Morgan fingerprint density at radius 2 is 2.05 bits per heavy atom. The van der Waals surface area contributed by atoms with Crippen molar-refractivity contribution in [1.82, 2.24) is 14.4 Å². The number of nitrogens with zero attached hydrogens (tertiary/aromatic N) is 3. The number of hydrogen-bond donors (Lipinski definition) is 1. The van der Waals surface area contributed by atoms with Gasteiger partial charge in [-0.15, -0.1) is 0 Å². The Bertz CT molecular complexity index is 747. The van der Waals surface area contributed by atoms with Gasteiger partial charge in [-0.3, -0.25) is 0 Å². The number of fused-ring (bicyclic) bond motifs is 1. The number of imidazole rings is 1. The van der Waals surface area contributed by atoms with E-state index in [1.54, 1.807) is 0 Å². The van der Waals surface area contributed by atoms with Gasteiger partial charge in [-0.05, 0) is 55.4 Å². The quantitative estimate of drug-likeness (QED) is 0.803. The molecule has 0 saturated carbocycles. The highest BCUT2D eigenvalue weighted by molar-refractivity contribution is 7.99. The summed E-state index contributed by atoms with van der Waals surface area (Å²) in [5.74, 6) is 0. The Hall–Kier alpha value is -1.85. The van der Waals surface area contributed by atoms with Crippen molar-refractivity contribution in [2.24, 2.45) is 0 Å². The molecule has 0 aliphatic carbocycles. The van der Waals surface area contributed by atoms with Crippen LogP contribution in [0.5, 0.6) is 0 Å². The number of aliphatic hydroxyl groups excluding tert-OH is 1. The number of aryl methyl sites for hydroxylation is 2.